The molecule has 0 saturated heterocycles. The van der Waals surface area contributed by atoms with E-state index in [0.29, 0.717) is 5.69 Å². The number of aromatic nitrogens is 1. The fraction of sp³-hybridized carbons (Fsp3) is 0.0625. The number of hydrogen-bond donors (Lipinski definition) is 2. The normalized spacial score (nSPS) is 12.5. The Bertz CT molecular complexity index is 725. The van der Waals surface area contributed by atoms with Gasteiger partial charge in [-0.25, -0.2) is 0 Å². The van der Waals surface area contributed by atoms with Gasteiger partial charge in [0, 0.05) is 22.8 Å². The number of anilines is 1. The maximum Gasteiger partial charge on any atom is 0.106 e. The molecular formula is C16H14N2O. The van der Waals surface area contributed by atoms with Crippen molar-refractivity contribution in [2.75, 3.05) is 5.73 Å². The lowest BCUT2D eigenvalue weighted by atomic mass is 9.99. The maximum absolute atomic E-state index is 10.4. The van der Waals surface area contributed by atoms with Gasteiger partial charge >= 0.3 is 0 Å². The highest BCUT2D eigenvalue weighted by Crippen LogP contribution is 2.27. The number of nitrogens with two attached hydrogens (primary N) is 1. The van der Waals surface area contributed by atoms with Gasteiger partial charge in [-0.3, -0.25) is 4.98 Å². The van der Waals surface area contributed by atoms with Crippen molar-refractivity contribution >= 4 is 16.6 Å². The van der Waals surface area contributed by atoms with Crippen LogP contribution in [-0.2, 0) is 0 Å². The zero-order valence-electron chi connectivity index (χ0n) is 10.3. The van der Waals surface area contributed by atoms with Crippen LogP contribution in [0.1, 0.15) is 17.2 Å². The zero-order chi connectivity index (χ0) is 13.2. The second-order valence-electron chi connectivity index (χ2n) is 4.49. The molecule has 0 saturated carbocycles. The van der Waals surface area contributed by atoms with Gasteiger partial charge in [-0.1, -0.05) is 36.4 Å². The molecule has 1 heterocycles. The quantitative estimate of drug-likeness (QED) is 0.687. The topological polar surface area (TPSA) is 59.1 Å². The summed E-state index contributed by atoms with van der Waals surface area (Å²) >= 11 is 0. The second kappa shape index (κ2) is 4.71. The van der Waals surface area contributed by atoms with Gasteiger partial charge in [0.05, 0.1) is 5.52 Å². The predicted molar refractivity (Wildman–Crippen MR) is 76.7 cm³/mol. The van der Waals surface area contributed by atoms with Gasteiger partial charge in [0.15, 0.2) is 0 Å². The van der Waals surface area contributed by atoms with Crippen LogP contribution in [0.5, 0.6) is 0 Å². The molecular weight excluding hydrogens is 236 g/mol. The Balaban J connectivity index is 2.07. The van der Waals surface area contributed by atoms with Crippen LogP contribution < -0.4 is 5.73 Å². The molecule has 0 aliphatic rings. The lowest BCUT2D eigenvalue weighted by molar-refractivity contribution is 0.221. The molecule has 2 aromatic carbocycles. The first-order valence-electron chi connectivity index (χ1n) is 6.13. The summed E-state index contributed by atoms with van der Waals surface area (Å²) in [5.41, 5.74) is 8.87. The van der Waals surface area contributed by atoms with Crippen molar-refractivity contribution in [3.05, 3.63) is 71.9 Å². The van der Waals surface area contributed by atoms with E-state index in [2.05, 4.69) is 4.98 Å². The molecule has 1 aromatic heterocycles. The SMILES string of the molecule is Nc1ccccc1C(O)c1ccc2cccnc2c1. The van der Waals surface area contributed by atoms with Crippen molar-refractivity contribution in [2.24, 2.45) is 0 Å². The van der Waals surface area contributed by atoms with Crippen LogP contribution in [-0.4, -0.2) is 10.1 Å². The molecule has 0 aliphatic carbocycles. The minimum atomic E-state index is -0.729. The molecule has 94 valence electrons. The number of nitrogen functional groups attached to an aromatic ring is 1. The average Bonchev–Trinajstić information content (AvgIpc) is 2.46. The third-order valence-electron chi connectivity index (χ3n) is 3.24. The van der Waals surface area contributed by atoms with Crippen molar-refractivity contribution in [3.63, 3.8) is 0 Å². The first-order valence-corrected chi connectivity index (χ1v) is 6.13. The number of pyridine rings is 1. The van der Waals surface area contributed by atoms with Crippen LogP contribution in [0.2, 0.25) is 0 Å². The Morgan fingerprint density at radius 2 is 1.84 bits per heavy atom. The predicted octanol–water partition coefficient (Wildman–Crippen LogP) is 2.90. The van der Waals surface area contributed by atoms with E-state index < -0.39 is 6.10 Å². The number of benzene rings is 2. The molecule has 0 bridgehead atoms. The van der Waals surface area contributed by atoms with Crippen LogP contribution in [0.3, 0.4) is 0 Å². The fourth-order valence-electron chi connectivity index (χ4n) is 2.19. The van der Waals surface area contributed by atoms with Gasteiger partial charge in [-0.2, -0.15) is 0 Å². The zero-order valence-corrected chi connectivity index (χ0v) is 10.3. The lowest BCUT2D eigenvalue weighted by Crippen LogP contribution is -2.03. The minimum Gasteiger partial charge on any atom is -0.398 e. The first-order chi connectivity index (χ1) is 9.25. The number of para-hydroxylation sites is 1. The van der Waals surface area contributed by atoms with Gasteiger partial charge in [0.1, 0.15) is 6.10 Å². The summed E-state index contributed by atoms with van der Waals surface area (Å²) < 4.78 is 0. The third kappa shape index (κ3) is 2.16. The van der Waals surface area contributed by atoms with E-state index in [1.165, 1.54) is 0 Å². The maximum atomic E-state index is 10.4. The highest BCUT2D eigenvalue weighted by atomic mass is 16.3. The first kappa shape index (κ1) is 11.7. The van der Waals surface area contributed by atoms with Crippen LogP contribution in [0.25, 0.3) is 10.9 Å². The smallest absolute Gasteiger partial charge is 0.106 e. The van der Waals surface area contributed by atoms with Crippen molar-refractivity contribution in [3.8, 4) is 0 Å². The number of rotatable bonds is 2. The van der Waals surface area contributed by atoms with Gasteiger partial charge in [0.2, 0.25) is 0 Å². The second-order valence-corrected chi connectivity index (χ2v) is 4.49. The molecule has 3 rings (SSSR count). The van der Waals surface area contributed by atoms with E-state index in [1.807, 2.05) is 48.5 Å². The van der Waals surface area contributed by atoms with Crippen LogP contribution in [0.15, 0.2) is 60.8 Å². The van der Waals surface area contributed by atoms with Gasteiger partial charge in [-0.15, -0.1) is 0 Å². The average molecular weight is 250 g/mol. The molecule has 0 aliphatic heterocycles. The van der Waals surface area contributed by atoms with Crippen molar-refractivity contribution in [1.82, 2.24) is 4.98 Å². The molecule has 3 aromatic rings. The van der Waals surface area contributed by atoms with E-state index in [0.717, 1.165) is 22.0 Å². The summed E-state index contributed by atoms with van der Waals surface area (Å²) in [5, 5.41) is 11.5. The lowest BCUT2D eigenvalue weighted by Gasteiger charge is -2.14. The Labute approximate surface area is 111 Å². The van der Waals surface area contributed by atoms with E-state index in [1.54, 1.807) is 12.3 Å². The summed E-state index contributed by atoms with van der Waals surface area (Å²) in [6.07, 6.45) is 1.02. The van der Waals surface area contributed by atoms with E-state index >= 15 is 0 Å². The highest BCUT2D eigenvalue weighted by molar-refractivity contribution is 5.79. The molecule has 3 nitrogen and oxygen atoms in total. The monoisotopic (exact) mass is 250 g/mol. The van der Waals surface area contributed by atoms with Crippen LogP contribution in [0, 0.1) is 0 Å². The molecule has 3 heteroatoms. The number of nitrogens with zero attached hydrogens (tertiary/aromatic N) is 1. The van der Waals surface area contributed by atoms with Crippen molar-refractivity contribution < 1.29 is 5.11 Å². The van der Waals surface area contributed by atoms with Crippen LogP contribution in [0.4, 0.5) is 5.69 Å². The number of fused-ring (bicyclic) bond motifs is 1. The highest BCUT2D eigenvalue weighted by Gasteiger charge is 2.13. The Morgan fingerprint density at radius 1 is 1.00 bits per heavy atom. The van der Waals surface area contributed by atoms with Gasteiger partial charge in [-0.05, 0) is 23.8 Å². The minimum absolute atomic E-state index is 0.594. The van der Waals surface area contributed by atoms with Crippen molar-refractivity contribution in [1.29, 1.82) is 0 Å². The Kier molecular flexibility index (Phi) is 2.89. The molecule has 1 unspecified atom stereocenters. The summed E-state index contributed by atoms with van der Waals surface area (Å²) in [6, 6.07) is 17.0. The number of aliphatic hydroxyl groups is 1. The Hall–Kier alpha value is -2.39. The summed E-state index contributed by atoms with van der Waals surface area (Å²) in [6.45, 7) is 0. The summed E-state index contributed by atoms with van der Waals surface area (Å²) in [7, 11) is 0. The summed E-state index contributed by atoms with van der Waals surface area (Å²) in [5.74, 6) is 0. The third-order valence-corrected chi connectivity index (χ3v) is 3.24. The van der Waals surface area contributed by atoms with E-state index in [-0.39, 0.29) is 0 Å². The number of aliphatic hydroxyl groups excluding tert-OH is 1. The van der Waals surface area contributed by atoms with Gasteiger partial charge < -0.3 is 10.8 Å². The molecule has 0 radical (unpaired) electrons. The molecule has 0 spiro atoms. The number of hydrogen-bond acceptors (Lipinski definition) is 3. The van der Waals surface area contributed by atoms with E-state index in [9.17, 15) is 5.11 Å². The molecule has 1 atom stereocenters. The van der Waals surface area contributed by atoms with E-state index in [4.69, 9.17) is 5.73 Å². The largest absolute Gasteiger partial charge is 0.398 e. The fourth-order valence-corrected chi connectivity index (χ4v) is 2.19. The Morgan fingerprint density at radius 3 is 2.68 bits per heavy atom. The van der Waals surface area contributed by atoms with Crippen molar-refractivity contribution in [2.45, 2.75) is 6.10 Å². The molecule has 3 N–H and O–H groups in total. The van der Waals surface area contributed by atoms with Crippen LogP contribution >= 0.6 is 0 Å². The molecule has 19 heavy (non-hydrogen) atoms. The van der Waals surface area contributed by atoms with Gasteiger partial charge in [0.25, 0.3) is 0 Å². The molecule has 0 fully saturated rings. The molecule has 0 amide bonds. The summed E-state index contributed by atoms with van der Waals surface area (Å²) in [4.78, 5) is 4.30. The standard InChI is InChI=1S/C16H14N2O/c17-14-6-2-1-5-13(14)16(19)12-8-7-11-4-3-9-18-15(11)10-12/h1-10,16,19H,17H2.